The molecule has 0 fully saturated rings. The number of hydrogen-bond acceptors (Lipinski definition) is 3. The second-order valence-electron chi connectivity index (χ2n) is 2.54. The molecule has 0 radical (unpaired) electrons. The van der Waals surface area contributed by atoms with E-state index in [4.69, 9.17) is 0 Å². The Morgan fingerprint density at radius 2 is 1.57 bits per heavy atom. The zero-order valence-corrected chi connectivity index (χ0v) is 7.75. The van der Waals surface area contributed by atoms with E-state index in [0.717, 1.165) is 0 Å². The molecular weight excluding hydrogens is 235 g/mol. The van der Waals surface area contributed by atoms with Gasteiger partial charge in [-0.25, -0.2) is 8.78 Å². The van der Waals surface area contributed by atoms with E-state index in [0.29, 0.717) is 6.92 Å². The topological polar surface area (TPSA) is 43.4 Å². The van der Waals surface area contributed by atoms with Crippen molar-refractivity contribution < 1.29 is 34.6 Å². The highest BCUT2D eigenvalue weighted by Gasteiger charge is 2.47. The molecule has 0 saturated heterocycles. The second-order valence-corrected chi connectivity index (χ2v) is 4.15. The van der Waals surface area contributed by atoms with Crippen molar-refractivity contribution in [1.82, 2.24) is 0 Å². The van der Waals surface area contributed by atoms with Crippen LogP contribution in [-0.2, 0) is 14.3 Å². The molecule has 0 aromatic rings. The first-order valence-electron chi connectivity index (χ1n) is 3.29. The third-order valence-electron chi connectivity index (χ3n) is 1.06. The molecule has 14 heavy (non-hydrogen) atoms. The average molecular weight is 242 g/mol. The van der Waals surface area contributed by atoms with Gasteiger partial charge in [-0.3, -0.25) is 4.18 Å². The van der Waals surface area contributed by atoms with Crippen LogP contribution in [0, 0.1) is 0 Å². The molecule has 86 valence electrons. The van der Waals surface area contributed by atoms with E-state index >= 15 is 0 Å². The minimum atomic E-state index is -5.75. The highest BCUT2D eigenvalue weighted by Crippen LogP contribution is 2.25. The van der Waals surface area contributed by atoms with Crippen LogP contribution in [0.3, 0.4) is 0 Å². The molecule has 0 aliphatic carbocycles. The molecule has 9 heteroatoms. The molecular formula is C5H7F5O3S. The fraction of sp³-hybridized carbons (Fsp3) is 1.00. The molecule has 0 unspecified atom stereocenters. The Morgan fingerprint density at radius 3 is 1.86 bits per heavy atom. The number of halogens is 5. The summed E-state index contributed by atoms with van der Waals surface area (Å²) in [4.78, 5) is 0. The lowest BCUT2D eigenvalue weighted by atomic mass is 10.3. The minimum Gasteiger partial charge on any atom is -0.263 e. The van der Waals surface area contributed by atoms with Gasteiger partial charge in [-0.1, -0.05) is 0 Å². The highest BCUT2D eigenvalue weighted by atomic mass is 32.2. The van der Waals surface area contributed by atoms with E-state index in [1.165, 1.54) is 0 Å². The Kier molecular flexibility index (Phi) is 3.85. The smallest absolute Gasteiger partial charge is 0.263 e. The predicted molar refractivity (Wildman–Crippen MR) is 36.2 cm³/mol. The molecule has 0 amide bonds. The summed E-state index contributed by atoms with van der Waals surface area (Å²) in [5.74, 6) is -3.26. The van der Waals surface area contributed by atoms with Gasteiger partial charge in [0, 0.05) is 6.42 Å². The van der Waals surface area contributed by atoms with E-state index < -0.39 is 34.6 Å². The molecule has 0 atom stereocenters. The zero-order valence-electron chi connectivity index (χ0n) is 6.94. The van der Waals surface area contributed by atoms with Gasteiger partial charge in [-0.05, 0) is 6.92 Å². The third kappa shape index (κ3) is 4.70. The normalized spacial score (nSPS) is 14.4. The zero-order chi connectivity index (χ0) is 11.6. The molecule has 0 spiro atoms. The van der Waals surface area contributed by atoms with Crippen LogP contribution in [0.4, 0.5) is 22.0 Å². The van der Waals surface area contributed by atoms with Gasteiger partial charge in [-0.15, -0.1) is 0 Å². The van der Waals surface area contributed by atoms with Gasteiger partial charge in [0.1, 0.15) is 0 Å². The Labute approximate surface area is 77.0 Å². The van der Waals surface area contributed by atoms with E-state index in [1.54, 1.807) is 0 Å². The molecule has 0 aliphatic rings. The van der Waals surface area contributed by atoms with Crippen molar-refractivity contribution in [2.24, 2.45) is 0 Å². The molecule has 0 aromatic carbocycles. The predicted octanol–water partition coefficient (Wildman–Crippen LogP) is 1.90. The largest absolute Gasteiger partial charge is 0.523 e. The van der Waals surface area contributed by atoms with E-state index in [1.807, 2.05) is 0 Å². The molecule has 0 bridgehead atoms. The van der Waals surface area contributed by atoms with Crippen LogP contribution in [0.2, 0.25) is 0 Å². The van der Waals surface area contributed by atoms with Gasteiger partial charge in [0.05, 0.1) is 6.61 Å². The maximum absolute atomic E-state index is 12.0. The maximum atomic E-state index is 12.0. The quantitative estimate of drug-likeness (QED) is 0.429. The lowest BCUT2D eigenvalue weighted by molar-refractivity contribution is -0.0574. The van der Waals surface area contributed by atoms with E-state index in [-0.39, 0.29) is 0 Å². The van der Waals surface area contributed by atoms with Crippen LogP contribution in [0.1, 0.15) is 13.3 Å². The van der Waals surface area contributed by atoms with Crippen molar-refractivity contribution >= 4 is 10.1 Å². The number of rotatable bonds is 4. The van der Waals surface area contributed by atoms with Crippen molar-refractivity contribution in [3.8, 4) is 0 Å². The van der Waals surface area contributed by atoms with Crippen molar-refractivity contribution in [3.63, 3.8) is 0 Å². The molecule has 0 heterocycles. The van der Waals surface area contributed by atoms with Gasteiger partial charge in [-0.2, -0.15) is 21.6 Å². The summed E-state index contributed by atoms with van der Waals surface area (Å²) >= 11 is 0. The number of alkyl halides is 5. The van der Waals surface area contributed by atoms with E-state index in [2.05, 4.69) is 4.18 Å². The monoisotopic (exact) mass is 242 g/mol. The van der Waals surface area contributed by atoms with Gasteiger partial charge in [0.15, 0.2) is 0 Å². The van der Waals surface area contributed by atoms with Crippen LogP contribution < -0.4 is 0 Å². The van der Waals surface area contributed by atoms with Gasteiger partial charge >= 0.3 is 15.6 Å². The fourth-order valence-electron chi connectivity index (χ4n) is 0.397. The van der Waals surface area contributed by atoms with E-state index in [9.17, 15) is 30.4 Å². The van der Waals surface area contributed by atoms with Crippen molar-refractivity contribution in [2.75, 3.05) is 6.61 Å². The Balaban J connectivity index is 4.17. The van der Waals surface area contributed by atoms with Crippen LogP contribution >= 0.6 is 0 Å². The standard InChI is InChI=1S/C5H7F5O3S/c1-4(6,7)2-3-13-14(11,12)5(8,9)10/h2-3H2,1H3. The van der Waals surface area contributed by atoms with Crippen LogP contribution in [0.25, 0.3) is 0 Å². The lowest BCUT2D eigenvalue weighted by Crippen LogP contribution is -2.27. The summed E-state index contributed by atoms with van der Waals surface area (Å²) in [5.41, 5.74) is -5.57. The Morgan fingerprint density at radius 1 is 1.14 bits per heavy atom. The average Bonchev–Trinajstić information content (AvgIpc) is 1.80. The minimum absolute atomic E-state index is 0.441. The SMILES string of the molecule is CC(F)(F)CCOS(=O)(=O)C(F)(F)F. The van der Waals surface area contributed by atoms with Crippen LogP contribution in [-0.4, -0.2) is 26.5 Å². The molecule has 0 aliphatic heterocycles. The van der Waals surface area contributed by atoms with Gasteiger partial charge < -0.3 is 0 Å². The highest BCUT2D eigenvalue weighted by molar-refractivity contribution is 7.87. The second kappa shape index (κ2) is 3.97. The van der Waals surface area contributed by atoms with Gasteiger partial charge in [0.2, 0.25) is 5.92 Å². The van der Waals surface area contributed by atoms with Crippen LogP contribution in [0.15, 0.2) is 0 Å². The summed E-state index contributed by atoms with van der Waals surface area (Å²) in [6, 6.07) is 0. The maximum Gasteiger partial charge on any atom is 0.523 e. The molecule has 3 nitrogen and oxygen atoms in total. The van der Waals surface area contributed by atoms with Crippen LogP contribution in [0.5, 0.6) is 0 Å². The van der Waals surface area contributed by atoms with Crippen molar-refractivity contribution in [2.45, 2.75) is 24.8 Å². The molecule has 0 N–H and O–H groups in total. The fourth-order valence-corrected chi connectivity index (χ4v) is 0.834. The first-order chi connectivity index (χ1) is 5.96. The van der Waals surface area contributed by atoms with Crippen molar-refractivity contribution in [1.29, 1.82) is 0 Å². The first kappa shape index (κ1) is 13.6. The summed E-state index contributed by atoms with van der Waals surface area (Å²) in [6.07, 6.45) is -1.09. The van der Waals surface area contributed by atoms with Crippen molar-refractivity contribution in [3.05, 3.63) is 0 Å². The molecule has 0 saturated carbocycles. The summed E-state index contributed by atoms with van der Waals surface area (Å²) < 4.78 is 82.4. The molecule has 0 aromatic heterocycles. The van der Waals surface area contributed by atoms with Gasteiger partial charge in [0.25, 0.3) is 0 Å². The third-order valence-corrected chi connectivity index (χ3v) is 2.11. The molecule has 0 rings (SSSR count). The Bertz CT molecular complexity index is 275. The first-order valence-corrected chi connectivity index (χ1v) is 4.70. The summed E-state index contributed by atoms with van der Waals surface area (Å²) in [6.45, 7) is -0.762. The summed E-state index contributed by atoms with van der Waals surface area (Å²) in [5, 5.41) is 0. The number of hydrogen-bond donors (Lipinski definition) is 0. The summed E-state index contributed by atoms with van der Waals surface area (Å²) in [7, 11) is -5.75. The Hall–Kier alpha value is -0.440. The lowest BCUT2D eigenvalue weighted by Gasteiger charge is -2.11.